The van der Waals surface area contributed by atoms with Gasteiger partial charge in [0.1, 0.15) is 11.5 Å². The molecule has 0 atom stereocenters. The highest BCUT2D eigenvalue weighted by Crippen LogP contribution is 2.39. The van der Waals surface area contributed by atoms with Crippen LogP contribution in [0.3, 0.4) is 0 Å². The highest BCUT2D eigenvalue weighted by molar-refractivity contribution is 7.16. The van der Waals surface area contributed by atoms with E-state index in [9.17, 15) is 9.90 Å². The zero-order valence-corrected chi connectivity index (χ0v) is 17.1. The van der Waals surface area contributed by atoms with Crippen LogP contribution in [0.4, 0.5) is 10.8 Å². The number of nitrogens with zero attached hydrogens (tertiary/aromatic N) is 1. The van der Waals surface area contributed by atoms with Gasteiger partial charge in [-0.1, -0.05) is 17.7 Å². The lowest BCUT2D eigenvalue weighted by atomic mass is 10.1. The Hall–Kier alpha value is -2.77. The summed E-state index contributed by atoms with van der Waals surface area (Å²) in [6.45, 7) is 1.92. The Labute approximate surface area is 171 Å². The lowest BCUT2D eigenvalue weighted by Gasteiger charge is -2.10. The number of hydrogen-bond acceptors (Lipinski definition) is 6. The molecule has 3 rings (SSSR count). The summed E-state index contributed by atoms with van der Waals surface area (Å²) in [6, 6.07) is 10.9. The fraction of sp³-hybridized carbons (Fsp3) is 0.200. The number of ether oxygens (including phenoxy) is 2. The predicted molar refractivity (Wildman–Crippen MR) is 111 cm³/mol. The monoisotopic (exact) mass is 418 g/mol. The normalized spacial score (nSPS) is 10.6. The van der Waals surface area contributed by atoms with E-state index in [2.05, 4.69) is 10.3 Å². The predicted octanol–water partition coefficient (Wildman–Crippen LogP) is 5.16. The van der Waals surface area contributed by atoms with Gasteiger partial charge in [-0.2, -0.15) is 0 Å². The molecule has 0 bridgehead atoms. The maximum atomic E-state index is 11.4. The Bertz CT molecular complexity index is 1020. The lowest BCUT2D eigenvalue weighted by molar-refractivity contribution is -0.136. The number of carboxylic acid groups (broad SMARTS) is 1. The number of anilines is 2. The first-order valence-electron chi connectivity index (χ1n) is 8.38. The zero-order valence-electron chi connectivity index (χ0n) is 15.6. The van der Waals surface area contributed by atoms with Crippen molar-refractivity contribution in [2.75, 3.05) is 19.5 Å². The maximum Gasteiger partial charge on any atom is 0.308 e. The van der Waals surface area contributed by atoms with Gasteiger partial charge in [-0.05, 0) is 42.8 Å². The first-order chi connectivity index (χ1) is 13.4. The summed E-state index contributed by atoms with van der Waals surface area (Å²) >= 11 is 7.47. The maximum absolute atomic E-state index is 11.4. The number of nitrogens with one attached hydrogen (secondary N) is 1. The van der Waals surface area contributed by atoms with E-state index in [0.717, 1.165) is 11.3 Å². The minimum atomic E-state index is -0.934. The van der Waals surface area contributed by atoms with Gasteiger partial charge in [0, 0.05) is 21.2 Å². The zero-order chi connectivity index (χ0) is 20.3. The van der Waals surface area contributed by atoms with E-state index in [1.54, 1.807) is 38.5 Å². The molecule has 0 saturated heterocycles. The third-order valence-electron chi connectivity index (χ3n) is 4.09. The van der Waals surface area contributed by atoms with Crippen molar-refractivity contribution in [3.63, 3.8) is 0 Å². The molecule has 0 saturated carbocycles. The van der Waals surface area contributed by atoms with Crippen molar-refractivity contribution in [2.24, 2.45) is 0 Å². The van der Waals surface area contributed by atoms with Gasteiger partial charge in [0.05, 0.1) is 26.3 Å². The molecule has 3 aromatic rings. The van der Waals surface area contributed by atoms with Crippen LogP contribution in [0.1, 0.15) is 10.4 Å². The van der Waals surface area contributed by atoms with E-state index in [-0.39, 0.29) is 6.42 Å². The third kappa shape index (κ3) is 4.37. The Morgan fingerprint density at radius 3 is 2.64 bits per heavy atom. The van der Waals surface area contributed by atoms with Crippen LogP contribution in [0.5, 0.6) is 11.5 Å². The van der Waals surface area contributed by atoms with Crippen molar-refractivity contribution in [2.45, 2.75) is 13.3 Å². The molecule has 0 aliphatic rings. The summed E-state index contributed by atoms with van der Waals surface area (Å²) in [5.74, 6) is 0.282. The first-order valence-corrected chi connectivity index (χ1v) is 9.57. The molecule has 0 amide bonds. The topological polar surface area (TPSA) is 80.7 Å². The Morgan fingerprint density at radius 2 is 2.00 bits per heavy atom. The van der Waals surface area contributed by atoms with Crippen LogP contribution in [0, 0.1) is 6.92 Å². The van der Waals surface area contributed by atoms with E-state index in [1.807, 2.05) is 19.1 Å². The summed E-state index contributed by atoms with van der Waals surface area (Å²) in [7, 11) is 3.13. The molecule has 0 aliphatic heterocycles. The highest BCUT2D eigenvalue weighted by atomic mass is 35.5. The molecule has 0 spiro atoms. The molecule has 0 unspecified atom stereocenters. The SMILES string of the molecule is COc1ccc(OC)c(-c2nc(Nc3ccc(C)c(Cl)c3)sc2CC(=O)O)c1. The summed E-state index contributed by atoms with van der Waals surface area (Å²) in [6.07, 6.45) is -0.149. The highest BCUT2D eigenvalue weighted by Gasteiger charge is 2.20. The van der Waals surface area contributed by atoms with E-state index in [4.69, 9.17) is 21.1 Å². The fourth-order valence-electron chi connectivity index (χ4n) is 2.67. The number of benzene rings is 2. The average molecular weight is 419 g/mol. The Morgan fingerprint density at radius 1 is 1.21 bits per heavy atom. The number of aliphatic carboxylic acids is 1. The molecule has 0 fully saturated rings. The third-order valence-corrected chi connectivity index (χ3v) is 5.47. The summed E-state index contributed by atoms with van der Waals surface area (Å²) in [5, 5.41) is 13.7. The number of hydrogen-bond donors (Lipinski definition) is 2. The molecule has 28 heavy (non-hydrogen) atoms. The number of thiazole rings is 1. The number of aryl methyl sites for hydroxylation is 1. The van der Waals surface area contributed by atoms with E-state index in [1.165, 1.54) is 11.3 Å². The van der Waals surface area contributed by atoms with Crippen molar-refractivity contribution >= 4 is 39.7 Å². The second kappa shape index (κ2) is 8.50. The molecule has 1 heterocycles. The molecule has 6 nitrogen and oxygen atoms in total. The van der Waals surface area contributed by atoms with Crippen molar-refractivity contribution in [1.82, 2.24) is 4.98 Å². The molecule has 0 radical (unpaired) electrons. The summed E-state index contributed by atoms with van der Waals surface area (Å²) in [5.41, 5.74) is 2.96. The Balaban J connectivity index is 2.05. The van der Waals surface area contributed by atoms with Gasteiger partial charge in [0.25, 0.3) is 0 Å². The van der Waals surface area contributed by atoms with Crippen LogP contribution in [0.2, 0.25) is 5.02 Å². The molecule has 146 valence electrons. The number of aromatic nitrogens is 1. The minimum Gasteiger partial charge on any atom is -0.497 e. The molecule has 8 heteroatoms. The largest absolute Gasteiger partial charge is 0.497 e. The number of rotatable bonds is 7. The second-order valence-electron chi connectivity index (χ2n) is 6.02. The number of carbonyl (C=O) groups is 1. The molecule has 2 aromatic carbocycles. The van der Waals surface area contributed by atoms with Gasteiger partial charge in [-0.25, -0.2) is 4.98 Å². The smallest absolute Gasteiger partial charge is 0.308 e. The average Bonchev–Trinajstić information content (AvgIpc) is 3.05. The van der Waals surface area contributed by atoms with Crippen LogP contribution in [0.15, 0.2) is 36.4 Å². The van der Waals surface area contributed by atoms with Gasteiger partial charge in [-0.15, -0.1) is 11.3 Å². The van der Waals surface area contributed by atoms with Crippen molar-refractivity contribution in [1.29, 1.82) is 0 Å². The van der Waals surface area contributed by atoms with Crippen LogP contribution in [-0.2, 0) is 11.2 Å². The van der Waals surface area contributed by atoms with Gasteiger partial charge < -0.3 is 19.9 Å². The van der Waals surface area contributed by atoms with Gasteiger partial charge in [-0.3, -0.25) is 4.79 Å². The van der Waals surface area contributed by atoms with Gasteiger partial charge in [0.2, 0.25) is 0 Å². The molecule has 0 aliphatic carbocycles. The van der Waals surface area contributed by atoms with E-state index >= 15 is 0 Å². The second-order valence-corrected chi connectivity index (χ2v) is 7.51. The van der Waals surface area contributed by atoms with Crippen LogP contribution in [0.25, 0.3) is 11.3 Å². The van der Waals surface area contributed by atoms with Crippen molar-refractivity contribution in [3.8, 4) is 22.8 Å². The van der Waals surface area contributed by atoms with Gasteiger partial charge in [0.15, 0.2) is 5.13 Å². The standard InChI is InChI=1S/C20H19ClN2O4S/c1-11-4-5-12(8-15(11)21)22-20-23-19(17(28-20)10-18(24)25)14-9-13(26-2)6-7-16(14)27-3/h4-9H,10H2,1-3H3,(H,22,23)(H,24,25). The van der Waals surface area contributed by atoms with E-state index < -0.39 is 5.97 Å². The molecular formula is C20H19ClN2O4S. The fourth-order valence-corrected chi connectivity index (χ4v) is 3.83. The van der Waals surface area contributed by atoms with Crippen molar-refractivity contribution < 1.29 is 19.4 Å². The molecular weight excluding hydrogens is 400 g/mol. The quantitative estimate of drug-likeness (QED) is 0.551. The number of halogens is 1. The Kier molecular flexibility index (Phi) is 6.06. The van der Waals surface area contributed by atoms with E-state index in [0.29, 0.717) is 37.8 Å². The first kappa shape index (κ1) is 20.0. The number of methoxy groups -OCH3 is 2. The molecule has 2 N–H and O–H groups in total. The number of carboxylic acids is 1. The molecule has 1 aromatic heterocycles. The summed E-state index contributed by atoms with van der Waals surface area (Å²) in [4.78, 5) is 16.6. The lowest BCUT2D eigenvalue weighted by Crippen LogP contribution is -2.00. The van der Waals surface area contributed by atoms with Crippen LogP contribution >= 0.6 is 22.9 Å². The van der Waals surface area contributed by atoms with Gasteiger partial charge >= 0.3 is 5.97 Å². The van der Waals surface area contributed by atoms with Crippen LogP contribution in [-0.4, -0.2) is 30.3 Å². The minimum absolute atomic E-state index is 0.149. The summed E-state index contributed by atoms with van der Waals surface area (Å²) < 4.78 is 10.7. The van der Waals surface area contributed by atoms with Crippen LogP contribution < -0.4 is 14.8 Å². The van der Waals surface area contributed by atoms with Crippen molar-refractivity contribution in [3.05, 3.63) is 51.9 Å².